The molecule has 12 heteroatoms. The summed E-state index contributed by atoms with van der Waals surface area (Å²) in [4.78, 5) is 28.2. The molecule has 0 unspecified atom stereocenters. The first-order chi connectivity index (χ1) is 21.8. The van der Waals surface area contributed by atoms with Crippen LogP contribution in [0.4, 0.5) is 14.5 Å². The second kappa shape index (κ2) is 13.0. The molecule has 0 bridgehead atoms. The predicted molar refractivity (Wildman–Crippen MR) is 168 cm³/mol. The molecule has 3 aromatic rings. The summed E-state index contributed by atoms with van der Waals surface area (Å²) in [6.45, 7) is 4.74. The van der Waals surface area contributed by atoms with Crippen LogP contribution in [-0.4, -0.2) is 83.3 Å². The number of ether oxygens (including phenoxy) is 1. The van der Waals surface area contributed by atoms with Gasteiger partial charge >= 0.3 is 0 Å². The van der Waals surface area contributed by atoms with Gasteiger partial charge in [0.1, 0.15) is 29.5 Å². The van der Waals surface area contributed by atoms with Crippen molar-refractivity contribution in [3.63, 3.8) is 0 Å². The molecule has 3 aliphatic heterocycles. The van der Waals surface area contributed by atoms with Crippen LogP contribution in [0.3, 0.4) is 0 Å². The maximum Gasteiger partial charge on any atom is 0.282 e. The standard InChI is InChI=1S/C33H33F2N7O2S/c1-20(34)33(43)42-14-13-41(18-21(42)10-11-36)31-25(16-37)32(44-19-22-6-4-12-40(22)2)39-30-26(31)17-38-29(28(30)35)24-7-3-9-27-23(24)8-5-15-45-27/h3,7,9,17,21-22H,1,4-6,8,10,12-15,18-19H2,2H3/t21-,22-/m0/s1. The Morgan fingerprint density at radius 2 is 2.07 bits per heavy atom. The van der Waals surface area contributed by atoms with Crippen LogP contribution in [-0.2, 0) is 11.2 Å². The fourth-order valence-corrected chi connectivity index (χ4v) is 7.68. The van der Waals surface area contributed by atoms with Crippen LogP contribution in [0.25, 0.3) is 22.2 Å². The van der Waals surface area contributed by atoms with E-state index in [-0.39, 0.29) is 61.4 Å². The average Bonchev–Trinajstić information content (AvgIpc) is 3.47. The summed E-state index contributed by atoms with van der Waals surface area (Å²) >= 11 is 1.75. The number of fused-ring (bicyclic) bond motifs is 2. The maximum atomic E-state index is 16.7. The van der Waals surface area contributed by atoms with E-state index in [1.54, 1.807) is 18.0 Å². The molecule has 2 fully saturated rings. The number of nitriles is 2. The molecular formula is C33H33F2N7O2S. The normalized spacial score (nSPS) is 20.0. The molecule has 0 saturated carbocycles. The molecule has 5 heterocycles. The van der Waals surface area contributed by atoms with Gasteiger partial charge in [-0.2, -0.15) is 10.5 Å². The van der Waals surface area contributed by atoms with Gasteiger partial charge in [-0.25, -0.2) is 13.8 Å². The Morgan fingerprint density at radius 3 is 2.80 bits per heavy atom. The molecule has 1 aromatic carbocycles. The zero-order valence-electron chi connectivity index (χ0n) is 25.1. The van der Waals surface area contributed by atoms with E-state index in [9.17, 15) is 19.7 Å². The van der Waals surface area contributed by atoms with Crippen molar-refractivity contribution in [3.05, 3.63) is 53.7 Å². The summed E-state index contributed by atoms with van der Waals surface area (Å²) in [5.41, 5.74) is 2.48. The van der Waals surface area contributed by atoms with Crippen molar-refractivity contribution in [1.82, 2.24) is 19.8 Å². The number of carbonyl (C=O) groups excluding carboxylic acids is 1. The molecule has 9 nitrogen and oxygen atoms in total. The van der Waals surface area contributed by atoms with Crippen molar-refractivity contribution < 1.29 is 18.3 Å². The molecule has 0 aliphatic carbocycles. The van der Waals surface area contributed by atoms with Gasteiger partial charge in [-0.05, 0) is 56.7 Å². The maximum absolute atomic E-state index is 16.7. The molecule has 1 amide bonds. The summed E-state index contributed by atoms with van der Waals surface area (Å²) < 4.78 is 36.8. The molecule has 232 valence electrons. The van der Waals surface area contributed by atoms with Crippen LogP contribution in [0.15, 0.2) is 41.7 Å². The predicted octanol–water partition coefficient (Wildman–Crippen LogP) is 5.23. The number of aromatic nitrogens is 2. The van der Waals surface area contributed by atoms with Crippen LogP contribution in [0.1, 0.15) is 36.8 Å². The average molecular weight is 630 g/mol. The molecule has 0 N–H and O–H groups in total. The number of pyridine rings is 2. The molecule has 6 rings (SSSR count). The van der Waals surface area contributed by atoms with Gasteiger partial charge < -0.3 is 19.4 Å². The van der Waals surface area contributed by atoms with E-state index < -0.39 is 23.6 Å². The molecular weight excluding hydrogens is 596 g/mol. The minimum atomic E-state index is -1.11. The Hall–Kier alpha value is -4.26. The van der Waals surface area contributed by atoms with Gasteiger partial charge in [-0.3, -0.25) is 9.78 Å². The number of rotatable bonds is 7. The zero-order valence-corrected chi connectivity index (χ0v) is 25.9. The second-order valence-electron chi connectivity index (χ2n) is 11.6. The van der Waals surface area contributed by atoms with Gasteiger partial charge in [0.2, 0.25) is 5.88 Å². The summed E-state index contributed by atoms with van der Waals surface area (Å²) in [7, 11) is 2.02. The Balaban J connectivity index is 1.49. The number of likely N-dealkylation sites (N-methyl/N-ethyl adjacent to an activating group) is 1. The van der Waals surface area contributed by atoms with Crippen LogP contribution in [0.2, 0.25) is 0 Å². The van der Waals surface area contributed by atoms with Gasteiger partial charge in [0.05, 0.1) is 24.2 Å². The van der Waals surface area contributed by atoms with Crippen LogP contribution >= 0.6 is 11.8 Å². The van der Waals surface area contributed by atoms with E-state index in [0.29, 0.717) is 11.1 Å². The smallest absolute Gasteiger partial charge is 0.282 e. The number of carbonyl (C=O) groups is 1. The summed E-state index contributed by atoms with van der Waals surface area (Å²) in [5, 5.41) is 20.3. The lowest BCUT2D eigenvalue weighted by Crippen LogP contribution is -2.55. The highest BCUT2D eigenvalue weighted by atomic mass is 32.2. The summed E-state index contributed by atoms with van der Waals surface area (Å²) in [6.07, 6.45) is 5.25. The van der Waals surface area contributed by atoms with Crippen LogP contribution in [0, 0.1) is 28.5 Å². The first kappa shape index (κ1) is 30.8. The van der Waals surface area contributed by atoms with Gasteiger partial charge in [-0.15, -0.1) is 11.8 Å². The number of halogens is 2. The van der Waals surface area contributed by atoms with Crippen molar-refractivity contribution in [2.24, 2.45) is 0 Å². The van der Waals surface area contributed by atoms with E-state index >= 15 is 4.39 Å². The number of anilines is 1. The molecule has 0 spiro atoms. The second-order valence-corrected chi connectivity index (χ2v) is 12.8. The van der Waals surface area contributed by atoms with Crippen molar-refractivity contribution in [2.45, 2.75) is 49.1 Å². The Bertz CT molecular complexity index is 1750. The number of likely N-dealkylation sites (tertiary alicyclic amines) is 1. The molecule has 2 aromatic heterocycles. The molecule has 45 heavy (non-hydrogen) atoms. The Labute approximate surface area is 265 Å². The topological polar surface area (TPSA) is 109 Å². The van der Waals surface area contributed by atoms with Crippen molar-refractivity contribution in [2.75, 3.05) is 50.5 Å². The van der Waals surface area contributed by atoms with E-state index in [0.717, 1.165) is 54.0 Å². The number of hydrogen-bond acceptors (Lipinski definition) is 9. The van der Waals surface area contributed by atoms with E-state index in [1.807, 2.05) is 30.1 Å². The van der Waals surface area contributed by atoms with E-state index in [4.69, 9.17) is 4.74 Å². The Kier molecular flexibility index (Phi) is 8.88. The van der Waals surface area contributed by atoms with Crippen LogP contribution in [0.5, 0.6) is 5.88 Å². The minimum absolute atomic E-state index is 0.0227. The first-order valence-corrected chi connectivity index (χ1v) is 16.1. The quantitative estimate of drug-likeness (QED) is 0.325. The number of nitrogens with zero attached hydrogens (tertiary/aromatic N) is 7. The first-order valence-electron chi connectivity index (χ1n) is 15.1. The largest absolute Gasteiger partial charge is 0.475 e. The highest BCUT2D eigenvalue weighted by Crippen LogP contribution is 2.41. The van der Waals surface area contributed by atoms with Crippen molar-refractivity contribution >= 4 is 34.3 Å². The number of hydrogen-bond donors (Lipinski definition) is 0. The van der Waals surface area contributed by atoms with Gasteiger partial charge in [0.25, 0.3) is 5.91 Å². The fourth-order valence-electron chi connectivity index (χ4n) is 6.61. The summed E-state index contributed by atoms with van der Waals surface area (Å²) in [5.74, 6) is -1.56. The third-order valence-electron chi connectivity index (χ3n) is 8.94. The number of amides is 1. The lowest BCUT2D eigenvalue weighted by atomic mass is 9.98. The van der Waals surface area contributed by atoms with E-state index in [1.165, 1.54) is 4.90 Å². The van der Waals surface area contributed by atoms with E-state index in [2.05, 4.69) is 33.6 Å². The van der Waals surface area contributed by atoms with Gasteiger partial charge in [0.15, 0.2) is 11.6 Å². The van der Waals surface area contributed by atoms with Gasteiger partial charge in [-0.1, -0.05) is 18.7 Å². The monoisotopic (exact) mass is 629 g/mol. The molecule has 2 atom stereocenters. The number of benzene rings is 1. The zero-order chi connectivity index (χ0) is 31.7. The number of thioether (sulfide) groups is 1. The molecule has 3 aliphatic rings. The molecule has 2 saturated heterocycles. The lowest BCUT2D eigenvalue weighted by molar-refractivity contribution is -0.131. The van der Waals surface area contributed by atoms with Crippen molar-refractivity contribution in [1.29, 1.82) is 10.5 Å². The highest BCUT2D eigenvalue weighted by molar-refractivity contribution is 7.99. The van der Waals surface area contributed by atoms with Gasteiger partial charge in [0, 0.05) is 47.7 Å². The molecule has 0 radical (unpaired) electrons. The number of piperazine rings is 1. The third-order valence-corrected chi connectivity index (χ3v) is 10.1. The minimum Gasteiger partial charge on any atom is -0.475 e. The SMILES string of the molecule is C=C(F)C(=O)N1CCN(c2c(C#N)c(OC[C@@H]3CCCN3C)nc3c(F)c(-c4cccc5c4CCCS5)ncc23)C[C@@H]1CC#N. The fraction of sp³-hybridized carbons (Fsp3) is 0.424. The third kappa shape index (κ3) is 5.81. The van der Waals surface area contributed by atoms with Crippen LogP contribution < -0.4 is 9.64 Å². The Morgan fingerprint density at radius 1 is 1.22 bits per heavy atom. The summed E-state index contributed by atoms with van der Waals surface area (Å²) in [6, 6.07) is 9.58. The lowest BCUT2D eigenvalue weighted by Gasteiger charge is -2.42. The highest BCUT2D eigenvalue weighted by Gasteiger charge is 2.35. The van der Waals surface area contributed by atoms with Crippen molar-refractivity contribution in [3.8, 4) is 29.3 Å².